The monoisotopic (exact) mass is 246 g/mol. The van der Waals surface area contributed by atoms with E-state index in [1.165, 1.54) is 18.9 Å². The molecule has 1 aromatic rings. The van der Waals surface area contributed by atoms with E-state index in [2.05, 4.69) is 17.2 Å². The average Bonchev–Trinajstić information content (AvgIpc) is 3.19. The lowest BCUT2D eigenvalue weighted by atomic mass is 10.1. The van der Waals surface area contributed by atoms with E-state index >= 15 is 0 Å². The highest BCUT2D eigenvalue weighted by Gasteiger charge is 2.27. The fraction of sp³-hybridized carbons (Fsp3) is 0.500. The first-order chi connectivity index (χ1) is 8.61. The number of nitrogens with zero attached hydrogens (tertiary/aromatic N) is 3. The summed E-state index contributed by atoms with van der Waals surface area (Å²) < 4.78 is 0. The van der Waals surface area contributed by atoms with Crippen LogP contribution in [0.3, 0.4) is 0 Å². The van der Waals surface area contributed by atoms with E-state index in [4.69, 9.17) is 5.26 Å². The molecular weight excluding hydrogens is 232 g/mol. The molecule has 94 valence electrons. The molecule has 0 amide bonds. The van der Waals surface area contributed by atoms with Gasteiger partial charge in [0.2, 0.25) is 5.69 Å². The summed E-state index contributed by atoms with van der Waals surface area (Å²) in [5.74, 6) is 1.86. The molecule has 1 fully saturated rings. The van der Waals surface area contributed by atoms with Crippen molar-refractivity contribution in [3.63, 3.8) is 0 Å². The number of rotatable bonds is 5. The van der Waals surface area contributed by atoms with Crippen molar-refractivity contribution in [1.29, 1.82) is 5.26 Å². The van der Waals surface area contributed by atoms with Gasteiger partial charge in [-0.25, -0.2) is 4.98 Å². The van der Waals surface area contributed by atoms with Crippen molar-refractivity contribution in [3.8, 4) is 6.07 Å². The molecule has 2 rings (SSSR count). The second-order valence-corrected chi connectivity index (χ2v) is 4.63. The lowest BCUT2D eigenvalue weighted by Crippen LogP contribution is -2.14. The van der Waals surface area contributed by atoms with Gasteiger partial charge >= 0.3 is 5.69 Å². The van der Waals surface area contributed by atoms with E-state index in [-0.39, 0.29) is 11.4 Å². The van der Waals surface area contributed by atoms with E-state index in [0.717, 1.165) is 12.5 Å². The molecule has 0 saturated heterocycles. The molecule has 0 spiro atoms. The molecule has 0 aliphatic heterocycles. The average molecular weight is 246 g/mol. The van der Waals surface area contributed by atoms with Gasteiger partial charge in [0.15, 0.2) is 0 Å². The number of aromatic nitrogens is 1. The lowest BCUT2D eigenvalue weighted by molar-refractivity contribution is -0.385. The molecule has 6 heteroatoms. The van der Waals surface area contributed by atoms with Crippen molar-refractivity contribution in [1.82, 2.24) is 4.98 Å². The Morgan fingerprint density at radius 3 is 2.94 bits per heavy atom. The molecule has 1 aliphatic carbocycles. The molecule has 1 aliphatic rings. The topological polar surface area (TPSA) is 91.9 Å². The second-order valence-electron chi connectivity index (χ2n) is 4.63. The highest BCUT2D eigenvalue weighted by Crippen LogP contribution is 2.36. The van der Waals surface area contributed by atoms with Gasteiger partial charge in [-0.15, -0.1) is 0 Å². The van der Waals surface area contributed by atoms with Crippen LogP contribution in [0.1, 0.15) is 25.5 Å². The van der Waals surface area contributed by atoms with Crippen LogP contribution in [-0.2, 0) is 0 Å². The number of pyridine rings is 1. The van der Waals surface area contributed by atoms with E-state index in [1.54, 1.807) is 12.1 Å². The Hall–Kier alpha value is -2.16. The molecule has 1 atom stereocenters. The second kappa shape index (κ2) is 5.00. The van der Waals surface area contributed by atoms with Crippen LogP contribution in [0.5, 0.6) is 0 Å². The molecule has 0 aromatic carbocycles. The summed E-state index contributed by atoms with van der Waals surface area (Å²) in [7, 11) is 0. The van der Waals surface area contributed by atoms with Crippen LogP contribution in [0.4, 0.5) is 11.5 Å². The number of nitro groups is 1. The van der Waals surface area contributed by atoms with Gasteiger partial charge in [-0.2, -0.15) is 5.26 Å². The largest absolute Gasteiger partial charge is 0.370 e. The summed E-state index contributed by atoms with van der Waals surface area (Å²) in [4.78, 5) is 14.0. The molecule has 1 heterocycles. The van der Waals surface area contributed by atoms with Crippen LogP contribution in [0.2, 0.25) is 0 Å². The van der Waals surface area contributed by atoms with Gasteiger partial charge in [0.25, 0.3) is 0 Å². The molecule has 1 saturated carbocycles. The fourth-order valence-corrected chi connectivity index (χ4v) is 1.88. The van der Waals surface area contributed by atoms with Gasteiger partial charge in [0.1, 0.15) is 11.9 Å². The SMILES string of the molecule is CC(CNc1ccc([N+](=O)[O-])c(C#N)n1)C1CC1. The zero-order chi connectivity index (χ0) is 13.1. The van der Waals surface area contributed by atoms with Crippen LogP contribution >= 0.6 is 0 Å². The molecular formula is C12H14N4O2. The van der Waals surface area contributed by atoms with Gasteiger partial charge in [0.05, 0.1) is 4.92 Å². The van der Waals surface area contributed by atoms with Crippen LogP contribution in [0.25, 0.3) is 0 Å². The highest BCUT2D eigenvalue weighted by atomic mass is 16.6. The standard InChI is InChI=1S/C12H14N4O2/c1-8(9-2-3-9)7-14-12-5-4-11(16(17)18)10(6-13)15-12/h4-5,8-9H,2-3,7H2,1H3,(H,14,15). The maximum Gasteiger partial charge on any atom is 0.305 e. The van der Waals surface area contributed by atoms with Crippen molar-refractivity contribution in [2.45, 2.75) is 19.8 Å². The first kappa shape index (κ1) is 12.3. The van der Waals surface area contributed by atoms with Gasteiger partial charge < -0.3 is 5.32 Å². The number of nitrogens with one attached hydrogen (secondary N) is 1. The molecule has 1 N–H and O–H groups in total. The summed E-state index contributed by atoms with van der Waals surface area (Å²) >= 11 is 0. The molecule has 6 nitrogen and oxygen atoms in total. The number of anilines is 1. The summed E-state index contributed by atoms with van der Waals surface area (Å²) in [6, 6.07) is 4.60. The van der Waals surface area contributed by atoms with Crippen molar-refractivity contribution in [2.75, 3.05) is 11.9 Å². The summed E-state index contributed by atoms with van der Waals surface area (Å²) in [5.41, 5.74) is -0.401. The summed E-state index contributed by atoms with van der Waals surface area (Å²) in [6.07, 6.45) is 2.56. The zero-order valence-electron chi connectivity index (χ0n) is 10.1. The Kier molecular flexibility index (Phi) is 3.42. The minimum absolute atomic E-state index is 0.149. The zero-order valence-corrected chi connectivity index (χ0v) is 10.1. The Balaban J connectivity index is 2.05. The number of hydrogen-bond acceptors (Lipinski definition) is 5. The normalized spacial score (nSPS) is 15.8. The van der Waals surface area contributed by atoms with E-state index in [0.29, 0.717) is 11.7 Å². The smallest absolute Gasteiger partial charge is 0.305 e. The lowest BCUT2D eigenvalue weighted by Gasteiger charge is -2.11. The van der Waals surface area contributed by atoms with Gasteiger partial charge in [-0.05, 0) is 30.7 Å². The molecule has 18 heavy (non-hydrogen) atoms. The maximum absolute atomic E-state index is 10.6. The van der Waals surface area contributed by atoms with Crippen molar-refractivity contribution >= 4 is 11.5 Å². The minimum atomic E-state index is -0.595. The van der Waals surface area contributed by atoms with Crippen LogP contribution in [-0.4, -0.2) is 16.5 Å². The van der Waals surface area contributed by atoms with E-state index in [9.17, 15) is 10.1 Å². The third-order valence-electron chi connectivity index (χ3n) is 3.21. The Bertz CT molecular complexity index is 505. The Morgan fingerprint density at radius 1 is 1.67 bits per heavy atom. The summed E-state index contributed by atoms with van der Waals surface area (Å²) in [6.45, 7) is 2.95. The first-order valence-electron chi connectivity index (χ1n) is 5.91. The third kappa shape index (κ3) is 2.74. The van der Waals surface area contributed by atoms with E-state index in [1.807, 2.05) is 0 Å². The van der Waals surface area contributed by atoms with Crippen molar-refractivity contribution < 1.29 is 4.92 Å². The minimum Gasteiger partial charge on any atom is -0.370 e. The Labute approximate surface area is 105 Å². The van der Waals surface area contributed by atoms with Crippen LogP contribution in [0, 0.1) is 33.3 Å². The van der Waals surface area contributed by atoms with Crippen LogP contribution < -0.4 is 5.32 Å². The Morgan fingerprint density at radius 2 is 2.39 bits per heavy atom. The first-order valence-corrected chi connectivity index (χ1v) is 5.91. The number of nitriles is 1. The van der Waals surface area contributed by atoms with Gasteiger partial charge in [-0.1, -0.05) is 6.92 Å². The third-order valence-corrected chi connectivity index (χ3v) is 3.21. The molecule has 0 radical (unpaired) electrons. The fourth-order valence-electron chi connectivity index (χ4n) is 1.88. The van der Waals surface area contributed by atoms with Gasteiger partial charge in [0, 0.05) is 12.6 Å². The maximum atomic E-state index is 10.6. The molecule has 0 bridgehead atoms. The van der Waals surface area contributed by atoms with Gasteiger partial charge in [-0.3, -0.25) is 10.1 Å². The summed E-state index contributed by atoms with van der Waals surface area (Å²) in [5, 5.41) is 22.6. The number of hydrogen-bond donors (Lipinski definition) is 1. The quantitative estimate of drug-likeness (QED) is 0.635. The van der Waals surface area contributed by atoms with Crippen molar-refractivity contribution in [3.05, 3.63) is 27.9 Å². The van der Waals surface area contributed by atoms with Crippen LogP contribution in [0.15, 0.2) is 12.1 Å². The molecule has 1 unspecified atom stereocenters. The van der Waals surface area contributed by atoms with E-state index < -0.39 is 4.92 Å². The highest BCUT2D eigenvalue weighted by molar-refractivity contribution is 5.50. The van der Waals surface area contributed by atoms with Crippen molar-refractivity contribution in [2.24, 2.45) is 11.8 Å². The predicted molar refractivity (Wildman–Crippen MR) is 66.0 cm³/mol. The predicted octanol–water partition coefficient (Wildman–Crippen LogP) is 2.32. The molecule has 1 aromatic heterocycles.